The summed E-state index contributed by atoms with van der Waals surface area (Å²) < 4.78 is 2.31. The molecule has 1 nitrogen and oxygen atoms in total. The van der Waals surface area contributed by atoms with Gasteiger partial charge in [-0.15, -0.1) is 0 Å². The Morgan fingerprint density at radius 3 is 1.80 bits per heavy atom. The van der Waals surface area contributed by atoms with Gasteiger partial charge in [-0.3, -0.25) is 0 Å². The van der Waals surface area contributed by atoms with Gasteiger partial charge in [0.1, 0.15) is 0 Å². The molecule has 0 bridgehead atoms. The molecule has 0 fully saturated rings. The second-order valence-corrected chi connectivity index (χ2v) is 9.80. The lowest BCUT2D eigenvalue weighted by molar-refractivity contribution is -0.691. The van der Waals surface area contributed by atoms with Crippen LogP contribution in [0.25, 0.3) is 0 Å². The fourth-order valence-electron chi connectivity index (χ4n) is 3.30. The van der Waals surface area contributed by atoms with Crippen molar-refractivity contribution in [3.05, 3.63) is 17.1 Å². The van der Waals surface area contributed by atoms with Gasteiger partial charge in [0.2, 0.25) is 5.51 Å². The van der Waals surface area contributed by atoms with Gasteiger partial charge in [-0.25, -0.2) is 0 Å². The molecule has 0 spiro atoms. The van der Waals surface area contributed by atoms with Gasteiger partial charge in [0.15, 0.2) is 12.7 Å². The van der Waals surface area contributed by atoms with Crippen LogP contribution in [0.4, 0.5) is 0 Å². The zero-order chi connectivity index (χ0) is 18.0. The van der Waals surface area contributed by atoms with Crippen molar-refractivity contribution in [2.75, 3.05) is 5.75 Å². The average molecular weight is 385 g/mol. The zero-order valence-electron chi connectivity index (χ0n) is 16.9. The van der Waals surface area contributed by atoms with E-state index in [1.165, 1.54) is 95.6 Å². The van der Waals surface area contributed by atoms with Crippen molar-refractivity contribution in [3.8, 4) is 0 Å². The summed E-state index contributed by atoms with van der Waals surface area (Å²) in [4.78, 5) is 0. The normalized spacial score (nSPS) is 12.6. The molecule has 1 aromatic heterocycles. The molecular formula is C22H42NS2+. The molecule has 0 aliphatic heterocycles. The lowest BCUT2D eigenvalue weighted by atomic mass is 10.0. The van der Waals surface area contributed by atoms with Crippen LogP contribution >= 0.6 is 23.1 Å². The van der Waals surface area contributed by atoms with E-state index in [1.807, 2.05) is 0 Å². The zero-order valence-corrected chi connectivity index (χ0v) is 18.5. The van der Waals surface area contributed by atoms with Gasteiger partial charge in [-0.05, 0) is 19.1 Å². The van der Waals surface area contributed by atoms with Gasteiger partial charge in [0, 0.05) is 0 Å². The molecule has 0 saturated heterocycles. The summed E-state index contributed by atoms with van der Waals surface area (Å²) in [5.74, 6) is 1.34. The van der Waals surface area contributed by atoms with Crippen molar-refractivity contribution in [2.45, 2.75) is 116 Å². The van der Waals surface area contributed by atoms with Crippen molar-refractivity contribution in [2.24, 2.45) is 0 Å². The van der Waals surface area contributed by atoms with Gasteiger partial charge < -0.3 is 0 Å². The molecule has 1 rings (SSSR count). The molecule has 1 unspecified atom stereocenters. The van der Waals surface area contributed by atoms with E-state index in [4.69, 9.17) is 0 Å². The van der Waals surface area contributed by atoms with Crippen molar-refractivity contribution in [1.82, 2.24) is 0 Å². The lowest BCUT2D eigenvalue weighted by Crippen LogP contribution is -2.34. The van der Waals surface area contributed by atoms with Crippen LogP contribution in [-0.2, 0) is 6.54 Å². The Morgan fingerprint density at radius 2 is 1.32 bits per heavy atom. The SMILES string of the molecule is CCCCCCCCCCCCCCCCSC(C)C[n+]1ccsc1. The van der Waals surface area contributed by atoms with Crippen LogP contribution in [0, 0.1) is 0 Å². The first-order chi connectivity index (χ1) is 12.3. The third-order valence-electron chi connectivity index (χ3n) is 4.90. The fraction of sp³-hybridized carbons (Fsp3) is 0.864. The van der Waals surface area contributed by atoms with E-state index < -0.39 is 0 Å². The Kier molecular flexibility index (Phi) is 16.0. The van der Waals surface area contributed by atoms with Crippen LogP contribution in [0.1, 0.15) is 104 Å². The maximum Gasteiger partial charge on any atom is 0.224 e. The quantitative estimate of drug-likeness (QED) is 0.186. The number of hydrogen-bond donors (Lipinski definition) is 0. The number of hydrogen-bond acceptors (Lipinski definition) is 2. The predicted molar refractivity (Wildman–Crippen MR) is 117 cm³/mol. The molecule has 3 heteroatoms. The average Bonchev–Trinajstić information content (AvgIpc) is 3.11. The first-order valence-corrected chi connectivity index (χ1v) is 12.8. The minimum atomic E-state index is 0.738. The molecule has 0 radical (unpaired) electrons. The van der Waals surface area contributed by atoms with E-state index in [9.17, 15) is 0 Å². The summed E-state index contributed by atoms with van der Waals surface area (Å²) in [6.45, 7) is 5.82. The summed E-state index contributed by atoms with van der Waals surface area (Å²) in [6.07, 6.45) is 22.5. The van der Waals surface area contributed by atoms with Crippen molar-refractivity contribution < 1.29 is 4.57 Å². The summed E-state index contributed by atoms with van der Waals surface area (Å²) in [6, 6.07) is 0. The van der Waals surface area contributed by atoms with Crippen LogP contribution in [0.5, 0.6) is 0 Å². The first kappa shape index (κ1) is 23.0. The molecule has 0 saturated carbocycles. The Balaban J connectivity index is 1.73. The Hall–Kier alpha value is -0.0200. The Labute approximate surface area is 166 Å². The molecule has 0 N–H and O–H groups in total. The van der Waals surface area contributed by atoms with Crippen LogP contribution < -0.4 is 4.57 Å². The van der Waals surface area contributed by atoms with Gasteiger partial charge in [-0.2, -0.15) is 16.3 Å². The van der Waals surface area contributed by atoms with Gasteiger partial charge in [0.25, 0.3) is 0 Å². The molecule has 0 aliphatic carbocycles. The van der Waals surface area contributed by atoms with Crippen molar-refractivity contribution >= 4 is 23.1 Å². The second-order valence-electron chi connectivity index (χ2n) is 7.50. The molecular weight excluding hydrogens is 342 g/mol. The smallest absolute Gasteiger partial charge is 0.194 e. The van der Waals surface area contributed by atoms with Crippen LogP contribution in [0.15, 0.2) is 17.1 Å². The number of thiazole rings is 1. The largest absolute Gasteiger partial charge is 0.224 e. The maximum absolute atomic E-state index is 2.36. The Bertz CT molecular complexity index is 364. The van der Waals surface area contributed by atoms with E-state index >= 15 is 0 Å². The van der Waals surface area contributed by atoms with Crippen LogP contribution in [-0.4, -0.2) is 11.0 Å². The van der Waals surface area contributed by atoms with Crippen molar-refractivity contribution in [3.63, 3.8) is 0 Å². The standard InChI is InChI=1S/C22H42NS2/c1-3-4-5-6-7-8-9-10-11-12-13-14-15-16-18-25-22(2)20-23-17-19-24-21-23/h17,19,21-22H,3-16,18,20H2,1-2H3/q+1. The molecule has 1 heterocycles. The third kappa shape index (κ3) is 14.8. The number of rotatable bonds is 18. The molecule has 146 valence electrons. The minimum absolute atomic E-state index is 0.738. The number of aromatic nitrogens is 1. The van der Waals surface area contributed by atoms with Crippen molar-refractivity contribution in [1.29, 1.82) is 0 Å². The summed E-state index contributed by atoms with van der Waals surface area (Å²) in [5, 5.41) is 2.90. The van der Waals surface area contributed by atoms with Crippen LogP contribution in [0.2, 0.25) is 0 Å². The second kappa shape index (κ2) is 17.4. The Morgan fingerprint density at radius 1 is 0.800 bits per heavy atom. The number of nitrogens with zero attached hydrogens (tertiary/aromatic N) is 1. The third-order valence-corrected chi connectivity index (χ3v) is 6.81. The molecule has 25 heavy (non-hydrogen) atoms. The maximum atomic E-state index is 2.36. The topological polar surface area (TPSA) is 3.88 Å². The van der Waals surface area contributed by atoms with E-state index in [0.29, 0.717) is 0 Å². The monoisotopic (exact) mass is 384 g/mol. The van der Waals surface area contributed by atoms with E-state index in [1.54, 1.807) is 11.3 Å². The van der Waals surface area contributed by atoms with E-state index in [0.717, 1.165) is 11.8 Å². The summed E-state index contributed by atoms with van der Waals surface area (Å²) in [5.41, 5.74) is 2.21. The summed E-state index contributed by atoms with van der Waals surface area (Å²) >= 11 is 3.93. The van der Waals surface area contributed by atoms with Crippen LogP contribution in [0.3, 0.4) is 0 Å². The van der Waals surface area contributed by atoms with E-state index in [2.05, 4.69) is 47.3 Å². The molecule has 0 aromatic carbocycles. The fourth-order valence-corrected chi connectivity index (χ4v) is 4.96. The molecule has 0 amide bonds. The number of thioether (sulfide) groups is 1. The first-order valence-electron chi connectivity index (χ1n) is 10.9. The van der Waals surface area contributed by atoms with Gasteiger partial charge >= 0.3 is 0 Å². The highest BCUT2D eigenvalue weighted by atomic mass is 32.2. The summed E-state index contributed by atoms with van der Waals surface area (Å²) in [7, 11) is 0. The predicted octanol–water partition coefficient (Wildman–Crippen LogP) is 7.64. The molecule has 0 aliphatic rings. The highest BCUT2D eigenvalue weighted by molar-refractivity contribution is 7.99. The highest BCUT2D eigenvalue weighted by Gasteiger charge is 2.09. The lowest BCUT2D eigenvalue weighted by Gasteiger charge is -2.07. The minimum Gasteiger partial charge on any atom is -0.194 e. The highest BCUT2D eigenvalue weighted by Crippen LogP contribution is 2.16. The van der Waals surface area contributed by atoms with E-state index in [-0.39, 0.29) is 0 Å². The molecule has 1 aromatic rings. The van der Waals surface area contributed by atoms with Gasteiger partial charge in [-0.1, -0.05) is 102 Å². The number of unbranched alkanes of at least 4 members (excludes halogenated alkanes) is 13. The van der Waals surface area contributed by atoms with Gasteiger partial charge in [0.05, 0.1) is 10.6 Å². The molecule has 1 atom stereocenters.